The second-order valence-electron chi connectivity index (χ2n) is 6.92. The molecule has 2 aromatic carbocycles. The number of aromatic nitrogens is 3. The molecule has 160 valence electrons. The van der Waals surface area contributed by atoms with Crippen LogP contribution in [0.1, 0.15) is 6.42 Å². The first-order valence-corrected chi connectivity index (χ1v) is 9.88. The van der Waals surface area contributed by atoms with Gasteiger partial charge in [0, 0.05) is 18.0 Å². The molecule has 9 nitrogen and oxygen atoms in total. The van der Waals surface area contributed by atoms with Crippen LogP contribution in [0.4, 0.5) is 11.6 Å². The first-order valence-electron chi connectivity index (χ1n) is 9.50. The number of benzene rings is 2. The maximum atomic E-state index is 12.8. The van der Waals surface area contributed by atoms with Gasteiger partial charge < -0.3 is 14.4 Å². The summed E-state index contributed by atoms with van der Waals surface area (Å²) in [5, 5.41) is 10.00. The van der Waals surface area contributed by atoms with Crippen molar-refractivity contribution in [3.05, 3.63) is 47.5 Å². The van der Waals surface area contributed by atoms with E-state index in [1.807, 2.05) is 18.2 Å². The Morgan fingerprint density at radius 1 is 1.19 bits per heavy atom. The zero-order valence-electron chi connectivity index (χ0n) is 16.9. The van der Waals surface area contributed by atoms with Gasteiger partial charge in [-0.25, -0.2) is 0 Å². The Morgan fingerprint density at radius 2 is 1.97 bits per heavy atom. The van der Waals surface area contributed by atoms with E-state index in [-0.39, 0.29) is 30.7 Å². The smallest absolute Gasteiger partial charge is 0.249 e. The molecule has 1 saturated heterocycles. The van der Waals surface area contributed by atoms with Crippen molar-refractivity contribution in [1.29, 1.82) is 0 Å². The van der Waals surface area contributed by atoms with E-state index in [1.54, 1.807) is 31.4 Å². The summed E-state index contributed by atoms with van der Waals surface area (Å²) in [7, 11) is 3.08. The van der Waals surface area contributed by atoms with Crippen molar-refractivity contribution in [3.63, 3.8) is 0 Å². The minimum Gasteiger partial charge on any atom is -0.496 e. The van der Waals surface area contributed by atoms with E-state index < -0.39 is 5.92 Å². The lowest BCUT2D eigenvalue weighted by atomic mass is 10.1. The van der Waals surface area contributed by atoms with E-state index in [0.29, 0.717) is 33.6 Å². The number of hydrogen-bond donors (Lipinski definition) is 2. The minimum atomic E-state index is -0.565. The number of methoxy groups -OCH3 is 2. The number of aromatic amines is 1. The van der Waals surface area contributed by atoms with Crippen LogP contribution in [-0.4, -0.2) is 47.8 Å². The number of anilines is 2. The van der Waals surface area contributed by atoms with Crippen LogP contribution in [0.5, 0.6) is 11.5 Å². The third-order valence-electron chi connectivity index (χ3n) is 5.01. The van der Waals surface area contributed by atoms with Crippen LogP contribution in [0.25, 0.3) is 11.4 Å². The Morgan fingerprint density at radius 3 is 2.74 bits per heavy atom. The van der Waals surface area contributed by atoms with Crippen LogP contribution in [0.2, 0.25) is 5.02 Å². The Kier molecular flexibility index (Phi) is 5.77. The Labute approximate surface area is 183 Å². The molecule has 2 amide bonds. The number of amides is 2. The molecule has 1 aliphatic rings. The second-order valence-corrected chi connectivity index (χ2v) is 7.36. The third kappa shape index (κ3) is 4.17. The predicted octanol–water partition coefficient (Wildman–Crippen LogP) is 3.13. The normalized spacial score (nSPS) is 15.8. The number of nitrogens with zero attached hydrogens (tertiary/aromatic N) is 3. The minimum absolute atomic E-state index is 0.0608. The molecular weight excluding hydrogens is 422 g/mol. The molecule has 31 heavy (non-hydrogen) atoms. The molecule has 1 aromatic heterocycles. The molecule has 1 fully saturated rings. The van der Waals surface area contributed by atoms with Crippen molar-refractivity contribution < 1.29 is 19.1 Å². The van der Waals surface area contributed by atoms with E-state index in [9.17, 15) is 9.59 Å². The van der Waals surface area contributed by atoms with Crippen molar-refractivity contribution >= 4 is 35.1 Å². The zero-order chi connectivity index (χ0) is 22.0. The highest BCUT2D eigenvalue weighted by Crippen LogP contribution is 2.35. The van der Waals surface area contributed by atoms with E-state index in [0.717, 1.165) is 0 Å². The van der Waals surface area contributed by atoms with Crippen LogP contribution in [0, 0.1) is 5.92 Å². The first-order chi connectivity index (χ1) is 15.0. The molecule has 2 N–H and O–H groups in total. The van der Waals surface area contributed by atoms with Gasteiger partial charge >= 0.3 is 0 Å². The van der Waals surface area contributed by atoms with Crippen molar-refractivity contribution in [2.75, 3.05) is 31.0 Å². The Bertz CT molecular complexity index is 1130. The number of hydrogen-bond acceptors (Lipinski definition) is 6. The SMILES string of the molecule is COc1ccccc1-c1nc(NC(=O)[C@@H]2CC(=O)N(c3cc(Cl)ccc3OC)C2)n[nH]1. The third-order valence-corrected chi connectivity index (χ3v) is 5.25. The highest BCUT2D eigenvalue weighted by molar-refractivity contribution is 6.31. The van der Waals surface area contributed by atoms with Crippen molar-refractivity contribution in [2.45, 2.75) is 6.42 Å². The van der Waals surface area contributed by atoms with Gasteiger partial charge in [0.1, 0.15) is 11.5 Å². The van der Waals surface area contributed by atoms with Gasteiger partial charge in [-0.3, -0.25) is 20.0 Å². The number of para-hydroxylation sites is 1. The van der Waals surface area contributed by atoms with Gasteiger partial charge in [0.15, 0.2) is 5.82 Å². The van der Waals surface area contributed by atoms with Gasteiger partial charge in [-0.1, -0.05) is 23.7 Å². The summed E-state index contributed by atoms with van der Waals surface area (Å²) < 4.78 is 10.7. The zero-order valence-corrected chi connectivity index (χ0v) is 17.6. The predicted molar refractivity (Wildman–Crippen MR) is 115 cm³/mol. The average Bonchev–Trinajstić information content (AvgIpc) is 3.40. The second kappa shape index (κ2) is 8.65. The summed E-state index contributed by atoms with van der Waals surface area (Å²) in [4.78, 5) is 31.2. The fraction of sp³-hybridized carbons (Fsp3) is 0.238. The highest BCUT2D eigenvalue weighted by atomic mass is 35.5. The van der Waals surface area contributed by atoms with E-state index in [1.165, 1.54) is 12.0 Å². The van der Waals surface area contributed by atoms with Crippen LogP contribution in [0.3, 0.4) is 0 Å². The van der Waals surface area contributed by atoms with Crippen LogP contribution >= 0.6 is 11.6 Å². The van der Waals surface area contributed by atoms with Crippen molar-refractivity contribution in [1.82, 2.24) is 15.2 Å². The number of nitrogens with one attached hydrogen (secondary N) is 2. The van der Waals surface area contributed by atoms with Crippen LogP contribution < -0.4 is 19.7 Å². The molecule has 4 rings (SSSR count). The van der Waals surface area contributed by atoms with Gasteiger partial charge in [0.25, 0.3) is 0 Å². The van der Waals surface area contributed by atoms with Crippen molar-refractivity contribution in [2.24, 2.45) is 5.92 Å². The molecule has 3 aromatic rings. The number of H-pyrrole nitrogens is 1. The number of carbonyl (C=O) groups is 2. The van der Waals surface area contributed by atoms with Crippen molar-refractivity contribution in [3.8, 4) is 22.9 Å². The fourth-order valence-corrected chi connectivity index (χ4v) is 3.65. The quantitative estimate of drug-likeness (QED) is 0.608. The summed E-state index contributed by atoms with van der Waals surface area (Å²) >= 11 is 6.08. The number of rotatable bonds is 6. The molecule has 0 unspecified atom stereocenters. The summed E-state index contributed by atoms with van der Waals surface area (Å²) in [6, 6.07) is 12.3. The molecule has 10 heteroatoms. The number of ether oxygens (including phenoxy) is 2. The lowest BCUT2D eigenvalue weighted by Crippen LogP contribution is -2.28. The van der Waals surface area contributed by atoms with Crippen LogP contribution in [-0.2, 0) is 9.59 Å². The molecular formula is C21H20ClN5O4. The molecule has 1 atom stereocenters. The van der Waals surface area contributed by atoms with Gasteiger partial charge in [-0.2, -0.15) is 4.98 Å². The average molecular weight is 442 g/mol. The maximum Gasteiger partial charge on any atom is 0.249 e. The molecule has 1 aliphatic heterocycles. The first kappa shape index (κ1) is 20.7. The lowest BCUT2D eigenvalue weighted by Gasteiger charge is -2.19. The standard InChI is InChI=1S/C21H20ClN5O4/c1-30-16-6-4-3-5-14(16)19-23-21(26-25-19)24-20(29)12-9-18(28)27(11-12)15-10-13(22)7-8-17(15)31-2/h3-8,10,12H,9,11H2,1-2H3,(H2,23,24,25,26,29)/t12-/m1/s1. The lowest BCUT2D eigenvalue weighted by molar-refractivity contribution is -0.122. The summed E-state index contributed by atoms with van der Waals surface area (Å²) in [6.07, 6.45) is 0.0608. The molecule has 2 heterocycles. The van der Waals surface area contributed by atoms with E-state index in [2.05, 4.69) is 20.5 Å². The fourth-order valence-electron chi connectivity index (χ4n) is 3.48. The summed E-state index contributed by atoms with van der Waals surface area (Å²) in [5.74, 6) is 0.619. The Balaban J connectivity index is 1.48. The maximum absolute atomic E-state index is 12.8. The van der Waals surface area contributed by atoms with Gasteiger partial charge in [-0.05, 0) is 30.3 Å². The molecule has 0 radical (unpaired) electrons. The van der Waals surface area contributed by atoms with Gasteiger partial charge in [0.05, 0.1) is 31.4 Å². The Hall–Kier alpha value is -3.59. The highest BCUT2D eigenvalue weighted by Gasteiger charge is 2.36. The van der Waals surface area contributed by atoms with Gasteiger partial charge in [-0.15, -0.1) is 5.10 Å². The summed E-state index contributed by atoms with van der Waals surface area (Å²) in [5.41, 5.74) is 1.25. The largest absolute Gasteiger partial charge is 0.496 e. The number of carbonyl (C=O) groups excluding carboxylic acids is 2. The monoisotopic (exact) mass is 441 g/mol. The van der Waals surface area contributed by atoms with Gasteiger partial charge in [0.2, 0.25) is 17.8 Å². The molecule has 0 spiro atoms. The summed E-state index contributed by atoms with van der Waals surface area (Å²) in [6.45, 7) is 0.200. The van der Waals surface area contributed by atoms with Crippen LogP contribution in [0.15, 0.2) is 42.5 Å². The van der Waals surface area contributed by atoms with E-state index >= 15 is 0 Å². The van der Waals surface area contributed by atoms with E-state index in [4.69, 9.17) is 21.1 Å². The molecule has 0 aliphatic carbocycles. The molecule has 0 bridgehead atoms. The molecule has 0 saturated carbocycles. The topological polar surface area (TPSA) is 109 Å². The number of halogens is 1.